The molecule has 0 bridgehead atoms. The van der Waals surface area contributed by atoms with Crippen LogP contribution in [0, 0.1) is 0 Å². The minimum absolute atomic E-state index is 0.694. The van der Waals surface area contributed by atoms with Gasteiger partial charge in [0, 0.05) is 51.5 Å². The third kappa shape index (κ3) is 4.50. The summed E-state index contributed by atoms with van der Waals surface area (Å²) in [7, 11) is 2.02. The maximum Gasteiger partial charge on any atom is 0.191 e. The van der Waals surface area contributed by atoms with Crippen molar-refractivity contribution in [2.45, 2.75) is 20.0 Å². The van der Waals surface area contributed by atoms with Crippen LogP contribution in [-0.4, -0.2) is 28.2 Å². The first-order valence-corrected chi connectivity index (χ1v) is 7.01. The Morgan fingerprint density at radius 2 is 2.00 bits per heavy atom. The van der Waals surface area contributed by atoms with Gasteiger partial charge in [-0.05, 0) is 30.7 Å². The Morgan fingerprint density at radius 3 is 2.65 bits per heavy atom. The van der Waals surface area contributed by atoms with Crippen LogP contribution in [0.5, 0.6) is 0 Å². The second-order valence-corrected chi connectivity index (χ2v) is 4.73. The lowest BCUT2D eigenvalue weighted by Crippen LogP contribution is -2.38. The maximum absolute atomic E-state index is 4.59. The number of aliphatic imine (C=N–C) groups is 1. The van der Waals surface area contributed by atoms with Crippen LogP contribution in [0.25, 0.3) is 0 Å². The summed E-state index contributed by atoms with van der Waals surface area (Å²) >= 11 is 0. The first-order chi connectivity index (χ1) is 9.78. The lowest BCUT2D eigenvalue weighted by Gasteiger charge is -2.11. The summed E-state index contributed by atoms with van der Waals surface area (Å²) < 4.78 is 4.19. The first kappa shape index (κ1) is 14.2. The van der Waals surface area contributed by atoms with Gasteiger partial charge in [0.25, 0.3) is 0 Å². The molecule has 0 atom stereocenters. The molecule has 2 aromatic rings. The van der Waals surface area contributed by atoms with E-state index >= 15 is 0 Å². The van der Waals surface area contributed by atoms with Crippen LogP contribution in [-0.2, 0) is 20.1 Å². The van der Waals surface area contributed by atoms with Crippen LogP contribution >= 0.6 is 0 Å². The van der Waals surface area contributed by atoms with Crippen LogP contribution in [0.4, 0.5) is 0 Å². The third-order valence-electron chi connectivity index (χ3n) is 2.99. The van der Waals surface area contributed by atoms with Gasteiger partial charge < -0.3 is 19.8 Å². The molecule has 0 fully saturated rings. The monoisotopic (exact) mass is 273 g/mol. The summed E-state index contributed by atoms with van der Waals surface area (Å²) in [5.74, 6) is 0.864. The van der Waals surface area contributed by atoms with Gasteiger partial charge in [0.05, 0.1) is 6.54 Å². The van der Waals surface area contributed by atoms with Crippen molar-refractivity contribution in [2.75, 3.05) is 13.1 Å². The van der Waals surface area contributed by atoms with E-state index in [1.54, 1.807) is 0 Å². The minimum Gasteiger partial charge on any atom is -0.357 e. The van der Waals surface area contributed by atoms with E-state index in [2.05, 4.69) is 51.8 Å². The summed E-state index contributed by atoms with van der Waals surface area (Å²) in [6.07, 6.45) is 8.26. The summed E-state index contributed by atoms with van der Waals surface area (Å²) in [6.45, 7) is 5.42. The number of aryl methyl sites for hydroxylation is 1. The molecule has 2 N–H and O–H groups in total. The Hall–Kier alpha value is -2.17. The number of hydrogen-bond acceptors (Lipinski definition) is 1. The van der Waals surface area contributed by atoms with Gasteiger partial charge >= 0.3 is 0 Å². The van der Waals surface area contributed by atoms with Crippen LogP contribution in [0.15, 0.2) is 48.0 Å². The van der Waals surface area contributed by atoms with Crippen molar-refractivity contribution in [2.24, 2.45) is 12.0 Å². The van der Waals surface area contributed by atoms with Gasteiger partial charge in [-0.2, -0.15) is 0 Å². The highest BCUT2D eigenvalue weighted by Gasteiger charge is 1.98. The Labute approximate surface area is 120 Å². The van der Waals surface area contributed by atoms with E-state index in [1.165, 1.54) is 5.56 Å². The molecule has 108 valence electrons. The number of aromatic nitrogens is 2. The molecule has 2 aromatic heterocycles. The molecule has 0 spiro atoms. The number of nitrogens with zero attached hydrogens (tertiary/aromatic N) is 3. The summed E-state index contributed by atoms with van der Waals surface area (Å²) in [5, 5.41) is 6.61. The van der Waals surface area contributed by atoms with Crippen LogP contribution in [0.2, 0.25) is 0 Å². The average Bonchev–Trinajstić information content (AvgIpc) is 3.07. The van der Waals surface area contributed by atoms with Gasteiger partial charge in [0.2, 0.25) is 0 Å². The quantitative estimate of drug-likeness (QED) is 0.620. The molecule has 0 saturated carbocycles. The van der Waals surface area contributed by atoms with Crippen molar-refractivity contribution in [3.63, 3.8) is 0 Å². The molecule has 0 radical (unpaired) electrons. The van der Waals surface area contributed by atoms with E-state index in [4.69, 9.17) is 0 Å². The zero-order valence-electron chi connectivity index (χ0n) is 12.2. The molecule has 20 heavy (non-hydrogen) atoms. The summed E-state index contributed by atoms with van der Waals surface area (Å²) in [5.41, 5.74) is 1.22. The Bertz CT molecular complexity index is 524. The second kappa shape index (κ2) is 7.43. The lowest BCUT2D eigenvalue weighted by molar-refractivity contribution is 0.665. The van der Waals surface area contributed by atoms with E-state index in [9.17, 15) is 0 Å². The van der Waals surface area contributed by atoms with Gasteiger partial charge in [0.1, 0.15) is 0 Å². The molecule has 2 heterocycles. The highest BCUT2D eigenvalue weighted by atomic mass is 15.2. The zero-order valence-corrected chi connectivity index (χ0v) is 12.2. The zero-order chi connectivity index (χ0) is 14.2. The molecule has 0 saturated heterocycles. The molecule has 0 aliphatic rings. The van der Waals surface area contributed by atoms with Crippen molar-refractivity contribution in [1.29, 1.82) is 0 Å². The van der Waals surface area contributed by atoms with Gasteiger partial charge in [0.15, 0.2) is 5.96 Å². The number of nitrogens with one attached hydrogen (secondary N) is 2. The van der Waals surface area contributed by atoms with Crippen LogP contribution < -0.4 is 10.6 Å². The Kier molecular flexibility index (Phi) is 5.29. The van der Waals surface area contributed by atoms with Gasteiger partial charge in [-0.1, -0.05) is 0 Å². The van der Waals surface area contributed by atoms with Crippen molar-refractivity contribution >= 4 is 5.96 Å². The van der Waals surface area contributed by atoms with Crippen molar-refractivity contribution in [3.05, 3.63) is 48.5 Å². The third-order valence-corrected chi connectivity index (χ3v) is 2.99. The fourth-order valence-corrected chi connectivity index (χ4v) is 1.99. The fourth-order valence-electron chi connectivity index (χ4n) is 1.99. The minimum atomic E-state index is 0.694. The Morgan fingerprint density at radius 1 is 1.20 bits per heavy atom. The molecule has 0 unspecified atom stereocenters. The SMILES string of the molecule is CCNC(=NCc1ccn(C)c1)NCCn1cccc1. The number of rotatable bonds is 6. The molecular formula is C15H23N5. The van der Waals surface area contributed by atoms with E-state index in [0.717, 1.165) is 25.6 Å². The molecule has 0 aliphatic heterocycles. The summed E-state index contributed by atoms with van der Waals surface area (Å²) in [4.78, 5) is 4.59. The molecular weight excluding hydrogens is 250 g/mol. The smallest absolute Gasteiger partial charge is 0.191 e. The van der Waals surface area contributed by atoms with Crippen molar-refractivity contribution in [1.82, 2.24) is 19.8 Å². The van der Waals surface area contributed by atoms with E-state index in [-0.39, 0.29) is 0 Å². The molecule has 5 nitrogen and oxygen atoms in total. The molecule has 2 rings (SSSR count). The fraction of sp³-hybridized carbons (Fsp3) is 0.400. The standard InChI is InChI=1S/C15H23N5/c1-3-16-15(17-7-11-20-8-4-5-9-20)18-12-14-6-10-19(2)13-14/h4-6,8-10,13H,3,7,11-12H2,1-2H3,(H2,16,17,18). The van der Waals surface area contributed by atoms with Crippen LogP contribution in [0.1, 0.15) is 12.5 Å². The van der Waals surface area contributed by atoms with Crippen molar-refractivity contribution in [3.8, 4) is 0 Å². The maximum atomic E-state index is 4.59. The average molecular weight is 273 g/mol. The highest BCUT2D eigenvalue weighted by molar-refractivity contribution is 5.79. The van der Waals surface area contributed by atoms with Gasteiger partial charge in [-0.3, -0.25) is 0 Å². The molecule has 0 aromatic carbocycles. The number of hydrogen-bond donors (Lipinski definition) is 2. The lowest BCUT2D eigenvalue weighted by atomic mass is 10.3. The van der Waals surface area contributed by atoms with E-state index < -0.39 is 0 Å². The predicted molar refractivity (Wildman–Crippen MR) is 82.7 cm³/mol. The molecule has 5 heteroatoms. The summed E-state index contributed by atoms with van der Waals surface area (Å²) in [6, 6.07) is 6.16. The second-order valence-electron chi connectivity index (χ2n) is 4.73. The molecule has 0 amide bonds. The topological polar surface area (TPSA) is 46.3 Å². The highest BCUT2D eigenvalue weighted by Crippen LogP contribution is 2.00. The van der Waals surface area contributed by atoms with Crippen molar-refractivity contribution < 1.29 is 0 Å². The van der Waals surface area contributed by atoms with E-state index in [0.29, 0.717) is 6.54 Å². The Balaban J connectivity index is 1.82. The van der Waals surface area contributed by atoms with E-state index in [1.807, 2.05) is 29.9 Å². The predicted octanol–water partition coefficient (Wildman–Crippen LogP) is 1.58. The normalized spacial score (nSPS) is 11.6. The molecule has 0 aliphatic carbocycles. The number of guanidine groups is 1. The van der Waals surface area contributed by atoms with Crippen LogP contribution in [0.3, 0.4) is 0 Å². The largest absolute Gasteiger partial charge is 0.357 e. The van der Waals surface area contributed by atoms with Gasteiger partial charge in [-0.25, -0.2) is 4.99 Å². The van der Waals surface area contributed by atoms with Gasteiger partial charge in [-0.15, -0.1) is 0 Å². The first-order valence-electron chi connectivity index (χ1n) is 7.01.